The molecule has 3 nitrogen and oxygen atoms in total. The van der Waals surface area contributed by atoms with Gasteiger partial charge >= 0.3 is 83.6 Å². The van der Waals surface area contributed by atoms with Gasteiger partial charge in [-0.25, -0.2) is 0 Å². The summed E-state index contributed by atoms with van der Waals surface area (Å²) in [6.45, 7) is 0. The molecule has 0 N–H and O–H groups in total. The Morgan fingerprint density at radius 3 is 1.11 bits per heavy atom. The molecule has 0 fully saturated rings. The molecule has 0 spiro atoms. The van der Waals surface area contributed by atoms with Crippen LogP contribution in [0, 0.1) is 0 Å². The van der Waals surface area contributed by atoms with Gasteiger partial charge in [0.05, 0.1) is 0 Å². The SMILES string of the molecule is C[N-]C.C[N-]C.C[N-]C.[CH3][Ge]([CH3])([F])[c-]1cccc1.[Zr+4]. The van der Waals surface area contributed by atoms with Crippen molar-refractivity contribution in [2.45, 2.75) is 11.5 Å². The van der Waals surface area contributed by atoms with Crippen LogP contribution >= 0.6 is 0 Å². The van der Waals surface area contributed by atoms with Crippen LogP contribution in [0.3, 0.4) is 0 Å². The van der Waals surface area contributed by atoms with Crippen LogP contribution in [0.5, 0.6) is 0 Å². The summed E-state index contributed by atoms with van der Waals surface area (Å²) in [5, 5.41) is 10.5. The monoisotopic (exact) mass is 409 g/mol. The van der Waals surface area contributed by atoms with Gasteiger partial charge in [-0.2, -0.15) is 42.3 Å². The molecule has 0 saturated carbocycles. The molecule has 110 valence electrons. The van der Waals surface area contributed by atoms with Gasteiger partial charge in [-0.3, -0.25) is 0 Å². The van der Waals surface area contributed by atoms with Crippen molar-refractivity contribution in [3.63, 3.8) is 0 Å². The smallest absolute Gasteiger partial charge is 4.00 e. The van der Waals surface area contributed by atoms with Crippen molar-refractivity contribution in [3.05, 3.63) is 40.2 Å². The maximum atomic E-state index is 13.1. The molecule has 0 unspecified atom stereocenters. The molecule has 0 heterocycles. The van der Waals surface area contributed by atoms with Gasteiger partial charge in [-0.1, -0.05) is 0 Å². The zero-order chi connectivity index (χ0) is 15.0. The minimum atomic E-state index is -2.94. The third-order valence-corrected chi connectivity index (χ3v) is 4.93. The second kappa shape index (κ2) is 20.9. The molecule has 1 aromatic rings. The van der Waals surface area contributed by atoms with Gasteiger partial charge in [0.15, 0.2) is 0 Å². The molecular formula is C13H28FGeN3Zr. The van der Waals surface area contributed by atoms with Gasteiger partial charge in [-0.15, -0.1) is 0 Å². The van der Waals surface area contributed by atoms with Crippen molar-refractivity contribution < 1.29 is 29.7 Å². The quantitative estimate of drug-likeness (QED) is 0.502. The van der Waals surface area contributed by atoms with E-state index in [2.05, 4.69) is 16.0 Å². The summed E-state index contributed by atoms with van der Waals surface area (Å²) < 4.78 is 14.1. The third kappa shape index (κ3) is 27.7. The maximum absolute atomic E-state index is 13.1. The van der Waals surface area contributed by atoms with E-state index >= 15 is 0 Å². The first-order valence-corrected chi connectivity index (χ1v) is 11.7. The van der Waals surface area contributed by atoms with Gasteiger partial charge in [0, 0.05) is 0 Å². The topological polar surface area (TPSA) is 42.3 Å². The van der Waals surface area contributed by atoms with Crippen molar-refractivity contribution in [2.75, 3.05) is 42.3 Å². The fraction of sp³-hybridized carbons (Fsp3) is 0.615. The number of nitrogens with zero attached hydrogens (tertiary/aromatic N) is 3. The molecule has 0 amide bonds. The van der Waals surface area contributed by atoms with Crippen molar-refractivity contribution in [1.29, 1.82) is 0 Å². The molecule has 0 aromatic heterocycles. The van der Waals surface area contributed by atoms with Crippen molar-refractivity contribution in [3.8, 4) is 0 Å². The number of halogens is 1. The first kappa shape index (κ1) is 27.9. The second-order valence-electron chi connectivity index (χ2n) is 3.99. The average molecular weight is 409 g/mol. The average Bonchev–Trinajstić information content (AvgIpc) is 2.72. The molecule has 0 aliphatic rings. The van der Waals surface area contributed by atoms with E-state index in [1.54, 1.807) is 53.8 Å². The van der Waals surface area contributed by atoms with Crippen LogP contribution in [0.1, 0.15) is 0 Å². The fourth-order valence-electron chi connectivity index (χ4n) is 0.770. The molecule has 0 aliphatic heterocycles. The standard InChI is InChI=1S/C7H10FGe.3C2H6N.Zr/c1-9(2,8)7-5-3-4-6-7;3*1-3-2;/h3-6H,1-2H3;3*1-2H3;/q4*-1;+4. The number of hydrogen-bond donors (Lipinski definition) is 0. The number of hydrogen-bond acceptors (Lipinski definition) is 0. The molecule has 1 rings (SSSR count). The predicted octanol–water partition coefficient (Wildman–Crippen LogP) is 3.64. The zero-order valence-corrected chi connectivity index (χ0v) is 18.1. The maximum Gasteiger partial charge on any atom is 4.00 e. The molecule has 0 radical (unpaired) electrons. The van der Waals surface area contributed by atoms with Crippen LogP contribution in [0.25, 0.3) is 16.0 Å². The normalized spacial score (nSPS) is 8.47. The Hall–Kier alpha value is 0.586. The Kier molecular flexibility index (Phi) is 30.6. The Morgan fingerprint density at radius 1 is 0.789 bits per heavy atom. The fourth-order valence-corrected chi connectivity index (χ4v) is 2.84. The molecule has 0 atom stereocenters. The van der Waals surface area contributed by atoms with E-state index in [0.717, 1.165) is 4.40 Å². The molecule has 6 heteroatoms. The summed E-state index contributed by atoms with van der Waals surface area (Å²) in [7, 11) is 10.5. The predicted molar refractivity (Wildman–Crippen MR) is 85.9 cm³/mol. The van der Waals surface area contributed by atoms with Crippen LogP contribution in [0.4, 0.5) is 3.50 Å². The van der Waals surface area contributed by atoms with Gasteiger partial charge < -0.3 is 16.0 Å². The molecule has 0 saturated heterocycles. The summed E-state index contributed by atoms with van der Waals surface area (Å²) in [6, 6.07) is 7.53. The van der Waals surface area contributed by atoms with E-state index in [-0.39, 0.29) is 26.2 Å². The van der Waals surface area contributed by atoms with E-state index in [1.165, 1.54) is 0 Å². The Morgan fingerprint density at radius 2 is 1.00 bits per heavy atom. The summed E-state index contributed by atoms with van der Waals surface area (Å²) in [5.74, 6) is 3.49. The van der Waals surface area contributed by atoms with Gasteiger partial charge in [0.1, 0.15) is 0 Å². The van der Waals surface area contributed by atoms with Crippen LogP contribution in [-0.2, 0) is 26.2 Å². The second-order valence-corrected chi connectivity index (χ2v) is 11.4. The summed E-state index contributed by atoms with van der Waals surface area (Å²) in [5.41, 5.74) is 0. The van der Waals surface area contributed by atoms with Gasteiger partial charge in [0.2, 0.25) is 0 Å². The Labute approximate surface area is 141 Å². The summed E-state index contributed by atoms with van der Waals surface area (Å²) in [4.78, 5) is 0. The third-order valence-electron chi connectivity index (χ3n) is 1.35. The van der Waals surface area contributed by atoms with Crippen LogP contribution in [0.2, 0.25) is 11.5 Å². The number of rotatable bonds is 1. The summed E-state index contributed by atoms with van der Waals surface area (Å²) >= 11 is -2.94. The zero-order valence-electron chi connectivity index (χ0n) is 13.5. The van der Waals surface area contributed by atoms with Crippen LogP contribution < -0.4 is 4.40 Å². The van der Waals surface area contributed by atoms with E-state index < -0.39 is 13.7 Å². The minimum Gasteiger partial charge on any atom is 4.00 e. The van der Waals surface area contributed by atoms with Crippen molar-refractivity contribution >= 4 is 18.1 Å². The Bertz CT molecular complexity index is 222. The van der Waals surface area contributed by atoms with E-state index in [9.17, 15) is 3.50 Å². The van der Waals surface area contributed by atoms with E-state index in [1.807, 2.05) is 24.3 Å². The van der Waals surface area contributed by atoms with Crippen molar-refractivity contribution in [2.24, 2.45) is 0 Å². The first-order valence-electron chi connectivity index (χ1n) is 5.70. The van der Waals surface area contributed by atoms with E-state index in [0.29, 0.717) is 0 Å². The molecule has 1 aromatic carbocycles. The molecule has 0 aliphatic carbocycles. The van der Waals surface area contributed by atoms with E-state index in [4.69, 9.17) is 0 Å². The first-order chi connectivity index (χ1) is 8.35. The van der Waals surface area contributed by atoms with Crippen LogP contribution in [-0.4, -0.2) is 56.0 Å². The van der Waals surface area contributed by atoms with Crippen molar-refractivity contribution in [1.82, 2.24) is 0 Å². The minimum absolute atomic E-state index is 0. The summed E-state index contributed by atoms with van der Waals surface area (Å²) in [6.07, 6.45) is 0. The molecule has 19 heavy (non-hydrogen) atoms. The van der Waals surface area contributed by atoms with Crippen LogP contribution in [0.15, 0.2) is 24.3 Å². The van der Waals surface area contributed by atoms with Gasteiger partial charge in [0.25, 0.3) is 0 Å². The van der Waals surface area contributed by atoms with Gasteiger partial charge in [-0.05, 0) is 0 Å². The Balaban J connectivity index is -0.0000000956. The largest absolute Gasteiger partial charge is 4.00 e. The molecular weight excluding hydrogens is 381 g/mol. The molecule has 0 bridgehead atoms.